The van der Waals surface area contributed by atoms with Crippen LogP contribution in [0.3, 0.4) is 0 Å². The van der Waals surface area contributed by atoms with Gasteiger partial charge in [0.25, 0.3) is 5.56 Å². The molecule has 0 fully saturated rings. The molecule has 0 bridgehead atoms. The van der Waals surface area contributed by atoms with Crippen LogP contribution in [0.2, 0.25) is 0 Å². The minimum Gasteiger partial charge on any atom is -0.467 e. The summed E-state index contributed by atoms with van der Waals surface area (Å²) < 4.78 is 8.49. The first-order valence-electron chi connectivity index (χ1n) is 7.89. The predicted octanol–water partition coefficient (Wildman–Crippen LogP) is 1.71. The van der Waals surface area contributed by atoms with Crippen molar-refractivity contribution in [2.45, 2.75) is 13.5 Å². The lowest BCUT2D eigenvalue weighted by Crippen LogP contribution is -2.32. The number of thiocarbonyl (C=S) groups is 1. The minimum atomic E-state index is -0.237. The molecule has 0 unspecified atom stereocenters. The molecule has 7 nitrogen and oxygen atoms in total. The summed E-state index contributed by atoms with van der Waals surface area (Å²) in [6.07, 6.45) is 3.23. The van der Waals surface area contributed by atoms with Crippen LogP contribution in [0.15, 0.2) is 52.0 Å². The van der Waals surface area contributed by atoms with E-state index in [0.29, 0.717) is 28.0 Å². The maximum absolute atomic E-state index is 13.0. The van der Waals surface area contributed by atoms with Crippen molar-refractivity contribution in [2.75, 3.05) is 0 Å². The number of aryl methyl sites for hydroxylation is 1. The van der Waals surface area contributed by atoms with Crippen molar-refractivity contribution in [2.24, 2.45) is 5.73 Å². The average molecular weight is 365 g/mol. The van der Waals surface area contributed by atoms with Crippen molar-refractivity contribution in [1.82, 2.24) is 14.0 Å². The lowest BCUT2D eigenvalue weighted by Gasteiger charge is -2.14. The number of hydrogen-bond acceptors (Lipinski definition) is 5. The van der Waals surface area contributed by atoms with E-state index in [0.717, 1.165) is 5.56 Å². The molecule has 0 spiro atoms. The number of aromatic nitrogens is 3. The molecule has 4 heterocycles. The third-order valence-electron chi connectivity index (χ3n) is 4.29. The Morgan fingerprint density at radius 2 is 2.15 bits per heavy atom. The summed E-state index contributed by atoms with van der Waals surface area (Å²) in [5.41, 5.74) is 7.76. The Morgan fingerprint density at radius 3 is 2.85 bits per heavy atom. The Balaban J connectivity index is 2.18. The van der Waals surface area contributed by atoms with Crippen LogP contribution in [-0.2, 0) is 6.54 Å². The van der Waals surface area contributed by atoms with Crippen molar-refractivity contribution in [3.63, 3.8) is 0 Å². The zero-order chi connectivity index (χ0) is 18.4. The Morgan fingerprint density at radius 1 is 1.35 bits per heavy atom. The molecule has 0 saturated carbocycles. The smallest absolute Gasteiger partial charge is 0.267 e. The molecule has 26 heavy (non-hydrogen) atoms. The van der Waals surface area contributed by atoms with Gasteiger partial charge in [0.05, 0.1) is 23.8 Å². The Bertz CT molecular complexity index is 1290. The molecule has 4 rings (SSSR count). The predicted molar refractivity (Wildman–Crippen MR) is 101 cm³/mol. The molecule has 0 atom stereocenters. The summed E-state index contributed by atoms with van der Waals surface area (Å²) in [5, 5.41) is 8.84. The Kier molecular flexibility index (Phi) is 3.69. The fourth-order valence-electron chi connectivity index (χ4n) is 3.00. The number of furan rings is 1. The Labute approximate surface area is 152 Å². The Hall–Kier alpha value is -3.26. The van der Waals surface area contributed by atoms with Gasteiger partial charge in [0.1, 0.15) is 27.5 Å². The van der Waals surface area contributed by atoms with E-state index in [9.17, 15) is 4.79 Å². The molecular weight excluding hydrogens is 350 g/mol. The van der Waals surface area contributed by atoms with Crippen molar-refractivity contribution in [3.05, 3.63) is 75.5 Å². The zero-order valence-corrected chi connectivity index (χ0v) is 14.7. The average Bonchev–Trinajstić information content (AvgIpc) is 3.11. The van der Waals surface area contributed by atoms with E-state index >= 15 is 0 Å². The van der Waals surface area contributed by atoms with Crippen molar-refractivity contribution in [3.8, 4) is 0 Å². The molecule has 0 saturated heterocycles. The number of nitrogens with two attached hydrogens (primary N) is 1. The van der Waals surface area contributed by atoms with Gasteiger partial charge in [0.15, 0.2) is 0 Å². The number of pyridine rings is 2. The van der Waals surface area contributed by atoms with Crippen molar-refractivity contribution in [1.29, 1.82) is 5.41 Å². The molecular formula is C18H15N5O2S. The van der Waals surface area contributed by atoms with Crippen molar-refractivity contribution < 1.29 is 4.42 Å². The van der Waals surface area contributed by atoms with E-state index in [1.807, 2.05) is 13.0 Å². The van der Waals surface area contributed by atoms with Crippen LogP contribution in [0, 0.1) is 12.3 Å². The molecule has 0 amide bonds. The second kappa shape index (κ2) is 5.92. The quantitative estimate of drug-likeness (QED) is 0.425. The molecule has 4 aromatic rings. The molecule has 0 radical (unpaired) electrons. The first-order valence-corrected chi connectivity index (χ1v) is 8.30. The highest BCUT2D eigenvalue weighted by Gasteiger charge is 2.16. The largest absolute Gasteiger partial charge is 0.467 e. The topological polar surface area (TPSA) is 102 Å². The van der Waals surface area contributed by atoms with E-state index in [1.165, 1.54) is 4.40 Å². The third kappa shape index (κ3) is 2.42. The molecule has 4 aromatic heterocycles. The molecule has 130 valence electrons. The zero-order valence-electron chi connectivity index (χ0n) is 13.9. The van der Waals surface area contributed by atoms with Gasteiger partial charge in [0, 0.05) is 6.20 Å². The van der Waals surface area contributed by atoms with Gasteiger partial charge in [-0.15, -0.1) is 0 Å². The third-order valence-corrected chi connectivity index (χ3v) is 4.51. The van der Waals surface area contributed by atoms with Gasteiger partial charge in [-0.25, -0.2) is 4.98 Å². The lowest BCUT2D eigenvalue weighted by molar-refractivity contribution is 0.491. The number of rotatable bonds is 3. The standard InChI is InChI=1S/C18H15N5O2S/c1-10-4-2-6-22-16(10)21-17-13(18(22)24)8-12(15(20)26)14(19)23(17)9-11-5-3-7-25-11/h2-8,19H,9H2,1H3,(H2,20,26). The summed E-state index contributed by atoms with van der Waals surface area (Å²) in [4.78, 5) is 17.7. The van der Waals surface area contributed by atoms with Gasteiger partial charge in [-0.1, -0.05) is 18.3 Å². The SMILES string of the molecule is Cc1cccn2c(=O)c3cc(C(N)=S)c(=N)n(Cc4ccco4)c3nc12. The lowest BCUT2D eigenvalue weighted by atomic mass is 10.2. The first-order chi connectivity index (χ1) is 12.5. The van der Waals surface area contributed by atoms with Gasteiger partial charge in [-0.05, 0) is 36.8 Å². The summed E-state index contributed by atoms with van der Waals surface area (Å²) in [7, 11) is 0. The maximum atomic E-state index is 13.0. The van der Waals surface area contributed by atoms with E-state index in [4.69, 9.17) is 27.8 Å². The van der Waals surface area contributed by atoms with Crippen LogP contribution < -0.4 is 16.8 Å². The number of hydrogen-bond donors (Lipinski definition) is 2. The van der Waals surface area contributed by atoms with Crippen molar-refractivity contribution >= 4 is 33.9 Å². The minimum absolute atomic E-state index is 0.0545. The normalized spacial score (nSPS) is 11.3. The summed E-state index contributed by atoms with van der Waals surface area (Å²) in [6, 6.07) is 8.78. The van der Waals surface area contributed by atoms with E-state index < -0.39 is 0 Å². The van der Waals surface area contributed by atoms with Crippen LogP contribution in [0.1, 0.15) is 16.9 Å². The molecule has 0 aliphatic heterocycles. The fourth-order valence-corrected chi connectivity index (χ4v) is 3.15. The molecule has 0 aromatic carbocycles. The highest BCUT2D eigenvalue weighted by molar-refractivity contribution is 7.80. The number of fused-ring (bicyclic) bond motifs is 2. The van der Waals surface area contributed by atoms with E-state index in [1.54, 1.807) is 41.3 Å². The van der Waals surface area contributed by atoms with Crippen LogP contribution >= 0.6 is 12.2 Å². The molecule has 0 aliphatic rings. The van der Waals surface area contributed by atoms with E-state index in [-0.39, 0.29) is 22.6 Å². The highest BCUT2D eigenvalue weighted by Crippen LogP contribution is 2.14. The second-order valence-electron chi connectivity index (χ2n) is 5.98. The van der Waals surface area contributed by atoms with Gasteiger partial charge in [-0.3, -0.25) is 14.6 Å². The van der Waals surface area contributed by atoms with Crippen LogP contribution in [0.5, 0.6) is 0 Å². The van der Waals surface area contributed by atoms with Gasteiger partial charge in [-0.2, -0.15) is 0 Å². The first kappa shape index (κ1) is 16.2. The number of nitrogens with zero attached hydrogens (tertiary/aromatic N) is 3. The number of nitrogens with one attached hydrogen (secondary N) is 1. The van der Waals surface area contributed by atoms with Gasteiger partial charge >= 0.3 is 0 Å². The van der Waals surface area contributed by atoms with Crippen LogP contribution in [0.25, 0.3) is 16.7 Å². The highest BCUT2D eigenvalue weighted by atomic mass is 32.1. The molecule has 3 N–H and O–H groups in total. The van der Waals surface area contributed by atoms with Gasteiger partial charge in [0.2, 0.25) is 0 Å². The molecule has 0 aliphatic carbocycles. The van der Waals surface area contributed by atoms with Crippen LogP contribution in [0.4, 0.5) is 0 Å². The van der Waals surface area contributed by atoms with Gasteiger partial charge < -0.3 is 14.7 Å². The fraction of sp³-hybridized carbons (Fsp3) is 0.111. The second-order valence-corrected chi connectivity index (χ2v) is 6.42. The summed E-state index contributed by atoms with van der Waals surface area (Å²) in [5.74, 6) is 0.636. The monoisotopic (exact) mass is 365 g/mol. The molecule has 8 heteroatoms. The summed E-state index contributed by atoms with van der Waals surface area (Å²) in [6.45, 7) is 2.13. The van der Waals surface area contributed by atoms with Crippen LogP contribution in [-0.4, -0.2) is 18.9 Å². The summed E-state index contributed by atoms with van der Waals surface area (Å²) >= 11 is 5.07. The van der Waals surface area contributed by atoms with E-state index in [2.05, 4.69) is 4.98 Å². The maximum Gasteiger partial charge on any atom is 0.267 e.